The van der Waals surface area contributed by atoms with E-state index in [1.54, 1.807) is 0 Å². The smallest absolute Gasteiger partial charge is 0.275 e. The second-order valence-corrected chi connectivity index (χ2v) is 7.10. The maximum absolute atomic E-state index is 12.2. The second-order valence-electron chi connectivity index (χ2n) is 7.10. The van der Waals surface area contributed by atoms with Gasteiger partial charge < -0.3 is 15.1 Å². The van der Waals surface area contributed by atoms with Crippen LogP contribution >= 0.6 is 0 Å². The van der Waals surface area contributed by atoms with Gasteiger partial charge >= 0.3 is 0 Å². The molecule has 126 valence electrons. The molecule has 4 nitrogen and oxygen atoms in total. The Morgan fingerprint density at radius 1 is 1.17 bits per heavy atom. The van der Waals surface area contributed by atoms with Crippen LogP contribution in [-0.2, 0) is 4.79 Å². The zero-order chi connectivity index (χ0) is 16.1. The maximum atomic E-state index is 12.2. The molecule has 2 fully saturated rings. The van der Waals surface area contributed by atoms with E-state index in [2.05, 4.69) is 41.4 Å². The van der Waals surface area contributed by atoms with Gasteiger partial charge in [0.1, 0.15) is 0 Å². The maximum Gasteiger partial charge on any atom is 0.275 e. The lowest BCUT2D eigenvalue weighted by Gasteiger charge is -2.34. The number of hydrogen-bond acceptors (Lipinski definition) is 2. The highest BCUT2D eigenvalue weighted by atomic mass is 16.2. The van der Waals surface area contributed by atoms with E-state index in [4.69, 9.17) is 0 Å². The zero-order valence-electron chi connectivity index (χ0n) is 14.3. The van der Waals surface area contributed by atoms with Crippen LogP contribution in [0, 0.1) is 6.92 Å². The fraction of sp³-hybridized carbons (Fsp3) is 0.632. The molecule has 1 aliphatic heterocycles. The van der Waals surface area contributed by atoms with E-state index in [0.717, 1.165) is 26.2 Å². The van der Waals surface area contributed by atoms with Gasteiger partial charge in [-0.3, -0.25) is 4.79 Å². The predicted molar refractivity (Wildman–Crippen MR) is 94.0 cm³/mol. The molecule has 0 aromatic heterocycles. The molecule has 0 spiro atoms. The van der Waals surface area contributed by atoms with Crippen LogP contribution in [0.1, 0.15) is 37.7 Å². The van der Waals surface area contributed by atoms with Crippen molar-refractivity contribution in [2.45, 2.75) is 45.1 Å². The third-order valence-electron chi connectivity index (χ3n) is 5.31. The lowest BCUT2D eigenvalue weighted by atomic mass is 9.95. The third kappa shape index (κ3) is 4.47. The van der Waals surface area contributed by atoms with Crippen molar-refractivity contribution in [3.8, 4) is 0 Å². The molecule has 0 bridgehead atoms. The number of rotatable bonds is 4. The molecule has 4 heteroatoms. The third-order valence-corrected chi connectivity index (χ3v) is 5.31. The minimum absolute atomic E-state index is 0.247. The first kappa shape index (κ1) is 16.3. The van der Waals surface area contributed by atoms with Crippen molar-refractivity contribution < 1.29 is 9.69 Å². The minimum Gasteiger partial charge on any atom is -0.360 e. The van der Waals surface area contributed by atoms with E-state index in [-0.39, 0.29) is 5.91 Å². The Morgan fingerprint density at radius 2 is 1.87 bits per heavy atom. The summed E-state index contributed by atoms with van der Waals surface area (Å²) in [6.45, 7) is 6.98. The summed E-state index contributed by atoms with van der Waals surface area (Å²) < 4.78 is 0. The fourth-order valence-corrected chi connectivity index (χ4v) is 3.91. The van der Waals surface area contributed by atoms with E-state index in [0.29, 0.717) is 12.6 Å². The summed E-state index contributed by atoms with van der Waals surface area (Å²) in [5.41, 5.74) is 2.68. The number of piperazine rings is 1. The van der Waals surface area contributed by atoms with Crippen molar-refractivity contribution in [1.82, 2.24) is 5.32 Å². The Hall–Kier alpha value is -1.55. The summed E-state index contributed by atoms with van der Waals surface area (Å²) >= 11 is 0. The topological polar surface area (TPSA) is 36.8 Å². The highest BCUT2D eigenvalue weighted by molar-refractivity contribution is 5.77. The summed E-state index contributed by atoms with van der Waals surface area (Å²) in [5, 5.41) is 3.24. The van der Waals surface area contributed by atoms with Crippen molar-refractivity contribution in [1.29, 1.82) is 0 Å². The van der Waals surface area contributed by atoms with Crippen molar-refractivity contribution in [3.63, 3.8) is 0 Å². The van der Waals surface area contributed by atoms with Gasteiger partial charge in [-0.15, -0.1) is 0 Å². The van der Waals surface area contributed by atoms with Crippen molar-refractivity contribution >= 4 is 11.6 Å². The number of aryl methyl sites for hydroxylation is 1. The summed E-state index contributed by atoms with van der Waals surface area (Å²) in [7, 11) is 0. The van der Waals surface area contributed by atoms with Gasteiger partial charge in [0.05, 0.1) is 26.2 Å². The lowest BCUT2D eigenvalue weighted by Crippen LogP contribution is -3.16. The molecule has 1 aromatic rings. The number of benzene rings is 1. The van der Waals surface area contributed by atoms with Gasteiger partial charge in [0.15, 0.2) is 6.54 Å². The molecule has 1 aliphatic carbocycles. The van der Waals surface area contributed by atoms with Crippen LogP contribution in [0.2, 0.25) is 0 Å². The van der Waals surface area contributed by atoms with Gasteiger partial charge in [-0.2, -0.15) is 0 Å². The Labute approximate surface area is 139 Å². The highest BCUT2D eigenvalue weighted by Crippen LogP contribution is 2.19. The molecule has 1 saturated heterocycles. The van der Waals surface area contributed by atoms with Gasteiger partial charge in [0.2, 0.25) is 0 Å². The number of nitrogens with zero attached hydrogens (tertiary/aromatic N) is 1. The predicted octanol–water partition coefficient (Wildman–Crippen LogP) is 1.15. The Balaban J connectivity index is 1.44. The molecule has 1 heterocycles. The number of amides is 1. The molecule has 0 unspecified atom stereocenters. The fourth-order valence-electron chi connectivity index (χ4n) is 3.91. The molecule has 2 N–H and O–H groups in total. The van der Waals surface area contributed by atoms with E-state index >= 15 is 0 Å². The molecule has 23 heavy (non-hydrogen) atoms. The van der Waals surface area contributed by atoms with Gasteiger partial charge in [0.25, 0.3) is 5.91 Å². The number of carbonyl (C=O) groups is 1. The minimum atomic E-state index is 0.247. The second kappa shape index (κ2) is 7.82. The van der Waals surface area contributed by atoms with Crippen LogP contribution in [0.15, 0.2) is 24.3 Å². The van der Waals surface area contributed by atoms with Crippen molar-refractivity contribution in [2.75, 3.05) is 37.6 Å². The van der Waals surface area contributed by atoms with Crippen LogP contribution in [0.25, 0.3) is 0 Å². The molecule has 1 saturated carbocycles. The number of carbonyl (C=O) groups excluding carboxylic acids is 1. The van der Waals surface area contributed by atoms with Gasteiger partial charge in [-0.25, -0.2) is 0 Å². The number of para-hydroxylation sites is 1. The standard InChI is InChI=1S/C19H29N3O/c1-16-7-5-6-10-18(16)22-13-11-21(12-14-22)15-19(23)20-17-8-3-2-4-9-17/h5-7,10,17H,2-4,8-9,11-15H2,1H3,(H,20,23)/p+1. The number of nitrogens with one attached hydrogen (secondary N) is 2. The van der Waals surface area contributed by atoms with E-state index in [1.165, 1.54) is 48.3 Å². The highest BCUT2D eigenvalue weighted by Gasteiger charge is 2.24. The van der Waals surface area contributed by atoms with Crippen LogP contribution in [0.4, 0.5) is 5.69 Å². The average Bonchev–Trinajstić information content (AvgIpc) is 2.57. The Bertz CT molecular complexity index is 517. The first-order valence-corrected chi connectivity index (χ1v) is 9.16. The average molecular weight is 316 g/mol. The van der Waals surface area contributed by atoms with E-state index in [1.807, 2.05) is 0 Å². The quantitative estimate of drug-likeness (QED) is 0.874. The largest absolute Gasteiger partial charge is 0.360 e. The van der Waals surface area contributed by atoms with Gasteiger partial charge in [-0.05, 0) is 31.4 Å². The van der Waals surface area contributed by atoms with Gasteiger partial charge in [0, 0.05) is 11.7 Å². The summed E-state index contributed by atoms with van der Waals surface area (Å²) in [4.78, 5) is 16.1. The van der Waals surface area contributed by atoms with Crippen molar-refractivity contribution in [2.24, 2.45) is 0 Å². The van der Waals surface area contributed by atoms with Crippen LogP contribution in [0.3, 0.4) is 0 Å². The molecule has 1 amide bonds. The van der Waals surface area contributed by atoms with Crippen LogP contribution in [0.5, 0.6) is 0 Å². The van der Waals surface area contributed by atoms with E-state index in [9.17, 15) is 4.79 Å². The van der Waals surface area contributed by atoms with Gasteiger partial charge in [-0.1, -0.05) is 37.5 Å². The Kier molecular flexibility index (Phi) is 5.55. The van der Waals surface area contributed by atoms with E-state index < -0.39 is 0 Å². The van der Waals surface area contributed by atoms with Crippen LogP contribution in [-0.4, -0.2) is 44.7 Å². The molecular formula is C19H30N3O+. The monoisotopic (exact) mass is 316 g/mol. The molecule has 0 atom stereocenters. The van der Waals surface area contributed by atoms with Crippen LogP contribution < -0.4 is 15.1 Å². The molecule has 2 aliphatic rings. The normalized spacial score (nSPS) is 20.5. The summed E-state index contributed by atoms with van der Waals surface area (Å²) in [6, 6.07) is 9.01. The lowest BCUT2D eigenvalue weighted by molar-refractivity contribution is -0.892. The summed E-state index contributed by atoms with van der Waals surface area (Å²) in [5.74, 6) is 0.247. The SMILES string of the molecule is Cc1ccccc1N1CC[NH+](CC(=O)NC2CCCCC2)CC1. The summed E-state index contributed by atoms with van der Waals surface area (Å²) in [6.07, 6.45) is 6.21. The molecule has 3 rings (SSSR count). The first-order chi connectivity index (χ1) is 11.2. The zero-order valence-corrected chi connectivity index (χ0v) is 14.3. The first-order valence-electron chi connectivity index (χ1n) is 9.16. The van der Waals surface area contributed by atoms with Crippen molar-refractivity contribution in [3.05, 3.63) is 29.8 Å². The molecule has 1 aromatic carbocycles. The molecule has 0 radical (unpaired) electrons. The number of hydrogen-bond donors (Lipinski definition) is 2. The molecular weight excluding hydrogens is 286 g/mol. The Morgan fingerprint density at radius 3 is 2.57 bits per heavy atom. The number of quaternary nitrogens is 1. The number of anilines is 1.